The highest BCUT2D eigenvalue weighted by Crippen LogP contribution is 2.48. The van der Waals surface area contributed by atoms with E-state index >= 15 is 0 Å². The Morgan fingerprint density at radius 1 is 1.33 bits per heavy atom. The summed E-state index contributed by atoms with van der Waals surface area (Å²) in [6.45, 7) is 0.591. The molecule has 3 fully saturated rings. The van der Waals surface area contributed by atoms with Gasteiger partial charge in [0.25, 0.3) is 0 Å². The second kappa shape index (κ2) is 4.38. The van der Waals surface area contributed by atoms with E-state index in [9.17, 15) is 9.59 Å². The lowest BCUT2D eigenvalue weighted by atomic mass is 9.78. The first-order valence-electron chi connectivity index (χ1n) is 6.41. The van der Waals surface area contributed by atoms with Crippen molar-refractivity contribution >= 4 is 24.2 Å². The fraction of sp³-hybridized carbons (Fsp3) is 0.833. The first-order chi connectivity index (χ1) is 8.05. The van der Waals surface area contributed by atoms with Crippen molar-refractivity contribution in [3.8, 4) is 0 Å². The first kappa shape index (κ1) is 13.6. The fourth-order valence-electron chi connectivity index (χ4n) is 3.86. The number of nitrogens with one attached hydrogen (secondary N) is 2. The highest BCUT2D eigenvalue weighted by atomic mass is 35.5. The van der Waals surface area contributed by atoms with Crippen molar-refractivity contribution in [1.82, 2.24) is 10.6 Å². The van der Waals surface area contributed by atoms with Crippen LogP contribution in [0.3, 0.4) is 0 Å². The lowest BCUT2D eigenvalue weighted by Crippen LogP contribution is -2.39. The molecule has 5 nitrogen and oxygen atoms in total. The van der Waals surface area contributed by atoms with Gasteiger partial charge in [-0.2, -0.15) is 0 Å². The Balaban J connectivity index is 0.00000120. The van der Waals surface area contributed by atoms with Crippen LogP contribution in [0.4, 0.5) is 0 Å². The second-order valence-electron chi connectivity index (χ2n) is 5.94. The van der Waals surface area contributed by atoms with Gasteiger partial charge in [0.1, 0.15) is 0 Å². The molecule has 2 saturated heterocycles. The van der Waals surface area contributed by atoms with Crippen molar-refractivity contribution in [2.75, 3.05) is 6.54 Å². The maximum Gasteiger partial charge on any atom is 0.234 e. The van der Waals surface area contributed by atoms with Gasteiger partial charge in [-0.1, -0.05) is 12.8 Å². The van der Waals surface area contributed by atoms with Gasteiger partial charge in [-0.3, -0.25) is 9.59 Å². The Labute approximate surface area is 113 Å². The molecule has 2 spiro atoms. The molecule has 3 aliphatic rings. The summed E-state index contributed by atoms with van der Waals surface area (Å²) >= 11 is 0. The minimum absolute atomic E-state index is 0. The van der Waals surface area contributed by atoms with Crippen LogP contribution in [0.1, 0.15) is 38.5 Å². The molecule has 2 aliphatic heterocycles. The zero-order valence-electron chi connectivity index (χ0n) is 10.3. The third-order valence-corrected chi connectivity index (χ3v) is 4.72. The van der Waals surface area contributed by atoms with Crippen LogP contribution in [0.25, 0.3) is 0 Å². The molecule has 6 heteroatoms. The SMILES string of the molecule is Cl.NC(=O)[C@@H]1C[C@]2(CN1)CC1(CCCC1)NC2=O. The molecule has 1 aliphatic carbocycles. The highest BCUT2D eigenvalue weighted by Gasteiger charge is 2.58. The van der Waals surface area contributed by atoms with E-state index < -0.39 is 0 Å². The summed E-state index contributed by atoms with van der Waals surface area (Å²) in [6.07, 6.45) is 6.00. The van der Waals surface area contributed by atoms with E-state index in [0.717, 1.165) is 19.3 Å². The van der Waals surface area contributed by atoms with E-state index in [1.807, 2.05) is 0 Å². The second-order valence-corrected chi connectivity index (χ2v) is 5.94. The Morgan fingerprint density at radius 3 is 2.56 bits per heavy atom. The van der Waals surface area contributed by atoms with Gasteiger partial charge in [-0.15, -0.1) is 12.4 Å². The molecule has 4 N–H and O–H groups in total. The number of halogens is 1. The Kier molecular flexibility index (Phi) is 3.32. The van der Waals surface area contributed by atoms with Crippen LogP contribution in [0, 0.1) is 5.41 Å². The van der Waals surface area contributed by atoms with Gasteiger partial charge in [-0.05, 0) is 25.7 Å². The molecule has 0 bridgehead atoms. The van der Waals surface area contributed by atoms with Crippen LogP contribution in [0.5, 0.6) is 0 Å². The number of nitrogens with two attached hydrogens (primary N) is 1. The van der Waals surface area contributed by atoms with Crippen molar-refractivity contribution in [2.45, 2.75) is 50.1 Å². The van der Waals surface area contributed by atoms with Gasteiger partial charge in [0.15, 0.2) is 0 Å². The molecule has 0 radical (unpaired) electrons. The van der Waals surface area contributed by atoms with Gasteiger partial charge >= 0.3 is 0 Å². The van der Waals surface area contributed by atoms with E-state index in [4.69, 9.17) is 5.73 Å². The van der Waals surface area contributed by atoms with Gasteiger partial charge < -0.3 is 16.4 Å². The average molecular weight is 274 g/mol. The number of carbonyl (C=O) groups excluding carboxylic acids is 2. The molecule has 102 valence electrons. The van der Waals surface area contributed by atoms with Crippen LogP contribution in [-0.4, -0.2) is 29.9 Å². The molecule has 2 atom stereocenters. The minimum Gasteiger partial charge on any atom is -0.368 e. The predicted octanol–water partition coefficient (Wildman–Crippen LogP) is 0.0745. The molecule has 0 aromatic rings. The molecule has 3 rings (SSSR count). The van der Waals surface area contributed by atoms with Crippen molar-refractivity contribution in [3.05, 3.63) is 0 Å². The first-order valence-corrected chi connectivity index (χ1v) is 6.41. The number of rotatable bonds is 1. The fourth-order valence-corrected chi connectivity index (χ4v) is 3.86. The normalized spacial score (nSPS) is 36.9. The Bertz CT molecular complexity index is 382. The van der Waals surface area contributed by atoms with Crippen molar-refractivity contribution in [1.29, 1.82) is 0 Å². The summed E-state index contributed by atoms with van der Waals surface area (Å²) in [7, 11) is 0. The molecule has 0 aromatic carbocycles. The summed E-state index contributed by atoms with van der Waals surface area (Å²) in [6, 6.07) is -0.336. The van der Waals surface area contributed by atoms with Gasteiger partial charge in [0.05, 0.1) is 11.5 Å². The zero-order chi connectivity index (χ0) is 12.1. The van der Waals surface area contributed by atoms with E-state index in [0.29, 0.717) is 13.0 Å². The summed E-state index contributed by atoms with van der Waals surface area (Å²) in [5, 5.41) is 6.28. The molecule has 0 aromatic heterocycles. The largest absolute Gasteiger partial charge is 0.368 e. The van der Waals surface area contributed by atoms with Gasteiger partial charge in [0.2, 0.25) is 11.8 Å². The quantitative estimate of drug-likeness (QED) is 0.632. The number of hydrogen-bond donors (Lipinski definition) is 3. The van der Waals surface area contributed by atoms with Crippen LogP contribution in [0.15, 0.2) is 0 Å². The van der Waals surface area contributed by atoms with Gasteiger partial charge in [0, 0.05) is 12.1 Å². The van der Waals surface area contributed by atoms with E-state index in [2.05, 4.69) is 10.6 Å². The molecule has 0 unspecified atom stereocenters. The number of hydrogen-bond acceptors (Lipinski definition) is 3. The van der Waals surface area contributed by atoms with Crippen molar-refractivity contribution in [2.24, 2.45) is 11.1 Å². The molecule has 18 heavy (non-hydrogen) atoms. The molecule has 2 heterocycles. The van der Waals surface area contributed by atoms with Gasteiger partial charge in [-0.25, -0.2) is 0 Å². The monoisotopic (exact) mass is 273 g/mol. The summed E-state index contributed by atoms with van der Waals surface area (Å²) in [4.78, 5) is 23.4. The van der Waals surface area contributed by atoms with E-state index in [1.54, 1.807) is 0 Å². The lowest BCUT2D eigenvalue weighted by molar-refractivity contribution is -0.127. The third kappa shape index (κ3) is 1.89. The predicted molar refractivity (Wildman–Crippen MR) is 69.2 cm³/mol. The third-order valence-electron chi connectivity index (χ3n) is 4.72. The average Bonchev–Trinajstić information content (AvgIpc) is 2.92. The van der Waals surface area contributed by atoms with Crippen LogP contribution in [0.2, 0.25) is 0 Å². The highest BCUT2D eigenvalue weighted by molar-refractivity contribution is 5.89. The van der Waals surface area contributed by atoms with Crippen LogP contribution >= 0.6 is 12.4 Å². The smallest absolute Gasteiger partial charge is 0.234 e. The Morgan fingerprint density at radius 2 is 2.00 bits per heavy atom. The lowest BCUT2D eigenvalue weighted by Gasteiger charge is -2.24. The van der Waals surface area contributed by atoms with Crippen molar-refractivity contribution < 1.29 is 9.59 Å². The number of primary amides is 1. The number of amides is 2. The standard InChI is InChI=1S/C12H19N3O2.ClH/c13-9(16)8-5-11(7-14-8)6-12(15-10(11)17)3-1-2-4-12;/h8,14H,1-7H2,(H2,13,16)(H,15,17);1H/t8-,11+;/m0./s1. The maximum atomic E-state index is 12.2. The maximum absolute atomic E-state index is 12.2. The summed E-state index contributed by atoms with van der Waals surface area (Å²) in [5.74, 6) is -0.224. The molecular weight excluding hydrogens is 254 g/mol. The van der Waals surface area contributed by atoms with E-state index in [1.165, 1.54) is 12.8 Å². The van der Waals surface area contributed by atoms with Crippen molar-refractivity contribution in [3.63, 3.8) is 0 Å². The summed E-state index contributed by atoms with van der Waals surface area (Å²) < 4.78 is 0. The summed E-state index contributed by atoms with van der Waals surface area (Å²) in [5.41, 5.74) is 4.94. The molecule has 1 saturated carbocycles. The molecule has 2 amide bonds. The van der Waals surface area contributed by atoms with Crippen LogP contribution in [-0.2, 0) is 9.59 Å². The Hall–Kier alpha value is -0.810. The molecular formula is C12H20ClN3O2. The topological polar surface area (TPSA) is 84.2 Å². The number of carbonyl (C=O) groups is 2. The van der Waals surface area contributed by atoms with E-state index in [-0.39, 0.29) is 41.2 Å². The zero-order valence-corrected chi connectivity index (χ0v) is 11.1. The van der Waals surface area contributed by atoms with Crippen LogP contribution < -0.4 is 16.4 Å². The minimum atomic E-state index is -0.385.